The largest absolute Gasteiger partial charge is 0.381 e. The maximum absolute atomic E-state index is 6.26. The molecule has 18 heavy (non-hydrogen) atoms. The lowest BCUT2D eigenvalue weighted by Crippen LogP contribution is -2.38. The Kier molecular flexibility index (Phi) is 2.99. The van der Waals surface area contributed by atoms with Crippen LogP contribution in [-0.2, 0) is 16.7 Å². The topological polar surface area (TPSA) is 40.2 Å². The first-order valence-electron chi connectivity index (χ1n) is 7.17. The highest BCUT2D eigenvalue weighted by Crippen LogP contribution is 2.38. The van der Waals surface area contributed by atoms with Crippen LogP contribution in [0.1, 0.15) is 55.6 Å². The molecule has 0 spiro atoms. The second-order valence-electron chi connectivity index (χ2n) is 6.13. The molecule has 0 bridgehead atoms. The lowest BCUT2D eigenvalue weighted by Gasteiger charge is -2.39. The summed E-state index contributed by atoms with van der Waals surface area (Å²) in [5, 5.41) is 0. The van der Waals surface area contributed by atoms with Crippen LogP contribution in [0.3, 0.4) is 0 Å². The Morgan fingerprint density at radius 3 is 2.83 bits per heavy atom. The van der Waals surface area contributed by atoms with Gasteiger partial charge in [-0.05, 0) is 57.6 Å². The fourth-order valence-electron chi connectivity index (χ4n) is 3.72. The van der Waals surface area contributed by atoms with Crippen LogP contribution in [0.4, 0.5) is 0 Å². The number of ether oxygens (including phenoxy) is 1. The highest BCUT2D eigenvalue weighted by molar-refractivity contribution is 5.34. The molecule has 1 unspecified atom stereocenters. The summed E-state index contributed by atoms with van der Waals surface area (Å²) in [5.74, 6) is 0. The highest BCUT2D eigenvalue weighted by Gasteiger charge is 2.34. The molecule has 0 saturated carbocycles. The van der Waals surface area contributed by atoms with E-state index in [-0.39, 0.29) is 11.6 Å². The minimum absolute atomic E-state index is 0.229. The van der Waals surface area contributed by atoms with Crippen LogP contribution in [0.2, 0.25) is 0 Å². The maximum atomic E-state index is 6.26. The van der Waals surface area contributed by atoms with Gasteiger partial charge in [0, 0.05) is 36.2 Å². The molecule has 2 aliphatic rings. The van der Waals surface area contributed by atoms with Crippen molar-refractivity contribution in [2.75, 3.05) is 13.2 Å². The molecule has 2 N–H and O–H groups in total. The van der Waals surface area contributed by atoms with E-state index in [1.807, 2.05) is 0 Å². The van der Waals surface area contributed by atoms with E-state index < -0.39 is 0 Å². The van der Waals surface area contributed by atoms with Crippen LogP contribution in [0.15, 0.2) is 6.07 Å². The minimum Gasteiger partial charge on any atom is -0.381 e. The molecule has 1 atom stereocenters. The van der Waals surface area contributed by atoms with Crippen LogP contribution < -0.4 is 5.73 Å². The van der Waals surface area contributed by atoms with Crippen molar-refractivity contribution >= 4 is 0 Å². The van der Waals surface area contributed by atoms with Gasteiger partial charge in [0.15, 0.2) is 0 Å². The molecule has 0 aromatic carbocycles. The lowest BCUT2D eigenvalue weighted by atomic mass is 9.89. The van der Waals surface area contributed by atoms with Crippen molar-refractivity contribution in [3.63, 3.8) is 0 Å². The predicted octanol–water partition coefficient (Wildman–Crippen LogP) is 2.66. The Bertz CT molecular complexity index is 444. The van der Waals surface area contributed by atoms with E-state index >= 15 is 0 Å². The minimum atomic E-state index is 0.229. The quantitative estimate of drug-likeness (QED) is 0.830. The Hall–Kier alpha value is -0.800. The van der Waals surface area contributed by atoms with Gasteiger partial charge in [0.2, 0.25) is 0 Å². The standard InChI is InChI=1S/C15H24N2O/c1-11-10-12-13(16)4-3-5-14(12)17(11)15(2)6-8-18-9-7-15/h10,13H,3-9,16H2,1-2H3. The van der Waals surface area contributed by atoms with Crippen LogP contribution >= 0.6 is 0 Å². The van der Waals surface area contributed by atoms with E-state index in [2.05, 4.69) is 24.5 Å². The second kappa shape index (κ2) is 4.39. The van der Waals surface area contributed by atoms with Gasteiger partial charge in [-0.3, -0.25) is 0 Å². The Balaban J connectivity index is 2.06. The maximum Gasteiger partial charge on any atom is 0.0488 e. The Morgan fingerprint density at radius 2 is 2.11 bits per heavy atom. The summed E-state index contributed by atoms with van der Waals surface area (Å²) in [6.45, 7) is 6.37. The summed E-state index contributed by atoms with van der Waals surface area (Å²) >= 11 is 0. The zero-order valence-corrected chi connectivity index (χ0v) is 11.5. The first-order chi connectivity index (χ1) is 8.62. The van der Waals surface area contributed by atoms with Crippen molar-refractivity contribution in [3.8, 4) is 0 Å². The molecule has 1 aliphatic heterocycles. The summed E-state index contributed by atoms with van der Waals surface area (Å²) in [5.41, 5.74) is 10.8. The number of aromatic nitrogens is 1. The number of fused-ring (bicyclic) bond motifs is 1. The zero-order chi connectivity index (χ0) is 12.8. The highest BCUT2D eigenvalue weighted by atomic mass is 16.5. The second-order valence-corrected chi connectivity index (χ2v) is 6.13. The zero-order valence-electron chi connectivity index (χ0n) is 11.5. The van der Waals surface area contributed by atoms with Crippen molar-refractivity contribution in [1.29, 1.82) is 0 Å². The molecule has 1 fully saturated rings. The van der Waals surface area contributed by atoms with Crippen molar-refractivity contribution in [3.05, 3.63) is 23.0 Å². The fraction of sp³-hybridized carbons (Fsp3) is 0.733. The van der Waals surface area contributed by atoms with Gasteiger partial charge < -0.3 is 15.0 Å². The molecule has 1 aliphatic carbocycles. The van der Waals surface area contributed by atoms with Crippen molar-refractivity contribution in [2.24, 2.45) is 5.73 Å². The molecule has 0 amide bonds. The molecule has 100 valence electrons. The molecule has 1 saturated heterocycles. The van der Waals surface area contributed by atoms with E-state index in [0.29, 0.717) is 0 Å². The van der Waals surface area contributed by atoms with Crippen LogP contribution in [0.5, 0.6) is 0 Å². The van der Waals surface area contributed by atoms with E-state index in [1.54, 1.807) is 0 Å². The first-order valence-corrected chi connectivity index (χ1v) is 7.17. The number of nitrogens with two attached hydrogens (primary N) is 1. The third-order valence-electron chi connectivity index (χ3n) is 4.76. The fourth-order valence-corrected chi connectivity index (χ4v) is 3.72. The molecular formula is C15H24N2O. The molecule has 1 aromatic heterocycles. The summed E-state index contributed by atoms with van der Waals surface area (Å²) in [6.07, 6.45) is 5.78. The number of rotatable bonds is 1. The van der Waals surface area contributed by atoms with Gasteiger partial charge in [-0.2, -0.15) is 0 Å². The average Bonchev–Trinajstić information content (AvgIpc) is 2.68. The molecule has 3 rings (SSSR count). The van der Waals surface area contributed by atoms with Gasteiger partial charge in [0.05, 0.1) is 0 Å². The molecule has 0 radical (unpaired) electrons. The van der Waals surface area contributed by atoms with E-state index in [4.69, 9.17) is 10.5 Å². The van der Waals surface area contributed by atoms with Gasteiger partial charge >= 0.3 is 0 Å². The lowest BCUT2D eigenvalue weighted by molar-refractivity contribution is 0.0275. The van der Waals surface area contributed by atoms with E-state index in [0.717, 1.165) is 32.5 Å². The van der Waals surface area contributed by atoms with E-state index in [1.165, 1.54) is 29.8 Å². The van der Waals surface area contributed by atoms with Crippen molar-refractivity contribution in [2.45, 2.75) is 57.5 Å². The van der Waals surface area contributed by atoms with Crippen LogP contribution in [0.25, 0.3) is 0 Å². The smallest absolute Gasteiger partial charge is 0.0488 e. The number of aryl methyl sites for hydroxylation is 1. The molecule has 1 aromatic rings. The van der Waals surface area contributed by atoms with Gasteiger partial charge in [-0.15, -0.1) is 0 Å². The summed E-state index contributed by atoms with van der Waals surface area (Å²) in [4.78, 5) is 0. The van der Waals surface area contributed by atoms with Crippen LogP contribution in [-0.4, -0.2) is 17.8 Å². The van der Waals surface area contributed by atoms with Crippen molar-refractivity contribution in [1.82, 2.24) is 4.57 Å². The Morgan fingerprint density at radius 1 is 1.39 bits per heavy atom. The molecular weight excluding hydrogens is 224 g/mol. The average molecular weight is 248 g/mol. The number of hydrogen-bond donors (Lipinski definition) is 1. The van der Waals surface area contributed by atoms with Crippen molar-refractivity contribution < 1.29 is 4.74 Å². The summed E-state index contributed by atoms with van der Waals surface area (Å²) < 4.78 is 8.10. The molecule has 3 nitrogen and oxygen atoms in total. The van der Waals surface area contributed by atoms with Gasteiger partial charge in [-0.25, -0.2) is 0 Å². The summed E-state index contributed by atoms with van der Waals surface area (Å²) in [7, 11) is 0. The third kappa shape index (κ3) is 1.81. The number of hydrogen-bond acceptors (Lipinski definition) is 2. The van der Waals surface area contributed by atoms with Gasteiger partial charge in [0.1, 0.15) is 0 Å². The monoisotopic (exact) mass is 248 g/mol. The van der Waals surface area contributed by atoms with Gasteiger partial charge in [-0.1, -0.05) is 0 Å². The molecule has 3 heteroatoms. The predicted molar refractivity (Wildman–Crippen MR) is 72.7 cm³/mol. The third-order valence-corrected chi connectivity index (χ3v) is 4.76. The summed E-state index contributed by atoms with van der Waals surface area (Å²) in [6, 6.07) is 2.57. The van der Waals surface area contributed by atoms with Gasteiger partial charge in [0.25, 0.3) is 0 Å². The van der Waals surface area contributed by atoms with E-state index in [9.17, 15) is 0 Å². The normalized spacial score (nSPS) is 26.9. The molecule has 2 heterocycles. The van der Waals surface area contributed by atoms with Crippen LogP contribution in [0, 0.1) is 6.92 Å². The Labute approximate surface area is 109 Å². The first kappa shape index (κ1) is 12.2. The number of nitrogens with zero attached hydrogens (tertiary/aromatic N) is 1. The SMILES string of the molecule is Cc1cc2c(n1C1(C)CCOCC1)CCCC2N.